The highest BCUT2D eigenvalue weighted by molar-refractivity contribution is 9.10. The second-order valence-electron chi connectivity index (χ2n) is 5.40. The normalized spacial score (nSPS) is 11.8. The van der Waals surface area contributed by atoms with E-state index in [1.54, 1.807) is 36.3 Å². The minimum absolute atomic E-state index is 0.195. The van der Waals surface area contributed by atoms with Gasteiger partial charge in [-0.2, -0.15) is 5.10 Å². The molecule has 1 unspecified atom stereocenters. The summed E-state index contributed by atoms with van der Waals surface area (Å²) >= 11 is 3.42. The molecule has 3 aromatic rings. The highest BCUT2D eigenvalue weighted by Crippen LogP contribution is 2.24. The molecule has 0 aliphatic rings. The Morgan fingerprint density at radius 1 is 1.28 bits per heavy atom. The molecule has 0 saturated heterocycles. The number of methoxy groups -OCH3 is 1. The van der Waals surface area contributed by atoms with Gasteiger partial charge in [0, 0.05) is 4.47 Å². The molecular weight excluding hydrogens is 384 g/mol. The molecule has 0 aliphatic heterocycles. The van der Waals surface area contributed by atoms with Crippen LogP contribution in [0.25, 0.3) is 0 Å². The van der Waals surface area contributed by atoms with Crippen LogP contribution in [0.2, 0.25) is 0 Å². The summed E-state index contributed by atoms with van der Waals surface area (Å²) in [6, 6.07) is 14.8. The number of carbonyl (C=O) groups excluding carboxylic acids is 1. The highest BCUT2D eigenvalue weighted by atomic mass is 79.9. The minimum Gasteiger partial charge on any atom is -0.497 e. The number of hydrogen-bond donors (Lipinski definition) is 1. The monoisotopic (exact) mass is 400 g/mol. The fourth-order valence-corrected chi connectivity index (χ4v) is 2.90. The van der Waals surface area contributed by atoms with Gasteiger partial charge in [0.15, 0.2) is 0 Å². The van der Waals surface area contributed by atoms with Gasteiger partial charge in [-0.1, -0.05) is 30.3 Å². The lowest BCUT2D eigenvalue weighted by Gasteiger charge is -2.20. The van der Waals surface area contributed by atoms with E-state index in [1.165, 1.54) is 6.33 Å². The van der Waals surface area contributed by atoms with Gasteiger partial charge in [-0.15, -0.1) is 0 Å². The Morgan fingerprint density at radius 3 is 2.76 bits per heavy atom. The summed E-state index contributed by atoms with van der Waals surface area (Å²) in [6.45, 7) is 0.483. The number of nitrogens with one attached hydrogen (secondary N) is 1. The van der Waals surface area contributed by atoms with Crippen LogP contribution in [0.4, 0.5) is 0 Å². The van der Waals surface area contributed by atoms with Crippen molar-refractivity contribution in [3.8, 4) is 5.75 Å². The molecule has 25 heavy (non-hydrogen) atoms. The minimum atomic E-state index is -0.242. The summed E-state index contributed by atoms with van der Waals surface area (Å²) in [5.41, 5.74) is 1.50. The molecule has 0 fully saturated rings. The summed E-state index contributed by atoms with van der Waals surface area (Å²) in [4.78, 5) is 16.8. The number of ether oxygens (including phenoxy) is 1. The van der Waals surface area contributed by atoms with Gasteiger partial charge in [-0.3, -0.25) is 9.48 Å². The Labute approximate surface area is 154 Å². The van der Waals surface area contributed by atoms with E-state index < -0.39 is 0 Å². The molecule has 0 bridgehead atoms. The van der Waals surface area contributed by atoms with Crippen LogP contribution >= 0.6 is 15.9 Å². The number of aromatic nitrogens is 3. The standard InChI is InChI=1S/C18H17BrN4O2/c1-25-14-7-8-16(19)15(9-14)18(24)22-17(10-23-12-20-11-21-23)13-5-3-2-4-6-13/h2-9,11-12,17H,10H2,1H3,(H,22,24). The number of hydrogen-bond acceptors (Lipinski definition) is 4. The van der Waals surface area contributed by atoms with Crippen LogP contribution < -0.4 is 10.1 Å². The Bertz CT molecular complexity index is 838. The van der Waals surface area contributed by atoms with Crippen LogP contribution in [0.3, 0.4) is 0 Å². The molecule has 0 aliphatic carbocycles. The van der Waals surface area contributed by atoms with Crippen molar-refractivity contribution in [3.05, 3.63) is 76.8 Å². The van der Waals surface area contributed by atoms with Gasteiger partial charge in [0.25, 0.3) is 5.91 Å². The first-order valence-electron chi connectivity index (χ1n) is 7.69. The lowest BCUT2D eigenvalue weighted by Crippen LogP contribution is -2.31. The molecule has 1 heterocycles. The molecule has 1 aromatic heterocycles. The second-order valence-corrected chi connectivity index (χ2v) is 6.25. The first-order valence-corrected chi connectivity index (χ1v) is 8.48. The largest absolute Gasteiger partial charge is 0.497 e. The van der Waals surface area contributed by atoms with E-state index >= 15 is 0 Å². The number of nitrogens with zero attached hydrogens (tertiary/aromatic N) is 3. The number of benzene rings is 2. The zero-order valence-electron chi connectivity index (χ0n) is 13.6. The average Bonchev–Trinajstić information content (AvgIpc) is 3.15. The smallest absolute Gasteiger partial charge is 0.253 e. The molecule has 128 valence electrons. The van der Waals surface area contributed by atoms with Gasteiger partial charge < -0.3 is 10.1 Å². The zero-order valence-corrected chi connectivity index (χ0v) is 15.2. The van der Waals surface area contributed by atoms with Crippen molar-refractivity contribution in [1.29, 1.82) is 0 Å². The lowest BCUT2D eigenvalue weighted by atomic mass is 10.1. The Kier molecular flexibility index (Phi) is 5.45. The van der Waals surface area contributed by atoms with Gasteiger partial charge >= 0.3 is 0 Å². The van der Waals surface area contributed by atoms with Crippen molar-refractivity contribution in [2.45, 2.75) is 12.6 Å². The Morgan fingerprint density at radius 2 is 2.08 bits per heavy atom. The van der Waals surface area contributed by atoms with Gasteiger partial charge in [0.05, 0.1) is 25.3 Å². The van der Waals surface area contributed by atoms with E-state index in [2.05, 4.69) is 31.3 Å². The van der Waals surface area contributed by atoms with Crippen molar-refractivity contribution < 1.29 is 9.53 Å². The number of carbonyl (C=O) groups is 1. The van der Waals surface area contributed by atoms with Crippen LogP contribution in [0.5, 0.6) is 5.75 Å². The quantitative estimate of drug-likeness (QED) is 0.689. The molecule has 1 amide bonds. The van der Waals surface area contributed by atoms with E-state index in [-0.39, 0.29) is 11.9 Å². The highest BCUT2D eigenvalue weighted by Gasteiger charge is 2.19. The molecule has 0 spiro atoms. The van der Waals surface area contributed by atoms with Gasteiger partial charge in [-0.05, 0) is 39.7 Å². The van der Waals surface area contributed by atoms with E-state index in [4.69, 9.17) is 4.74 Å². The van der Waals surface area contributed by atoms with Gasteiger partial charge in [0.1, 0.15) is 18.4 Å². The van der Waals surface area contributed by atoms with Crippen LogP contribution in [-0.4, -0.2) is 27.8 Å². The fourth-order valence-electron chi connectivity index (χ4n) is 2.48. The van der Waals surface area contributed by atoms with Gasteiger partial charge in [0.2, 0.25) is 0 Å². The molecule has 3 rings (SSSR count). The van der Waals surface area contributed by atoms with Crippen molar-refractivity contribution >= 4 is 21.8 Å². The summed E-state index contributed by atoms with van der Waals surface area (Å²) in [5, 5.41) is 7.20. The molecule has 2 aromatic carbocycles. The predicted octanol–water partition coefficient (Wildman–Crippen LogP) is 3.22. The molecule has 1 atom stereocenters. The molecular formula is C18H17BrN4O2. The summed E-state index contributed by atoms with van der Waals surface area (Å²) in [7, 11) is 1.57. The van der Waals surface area contributed by atoms with Crippen molar-refractivity contribution in [2.24, 2.45) is 0 Å². The second kappa shape index (κ2) is 7.94. The topological polar surface area (TPSA) is 69.0 Å². The molecule has 1 N–H and O–H groups in total. The fraction of sp³-hybridized carbons (Fsp3) is 0.167. The van der Waals surface area contributed by atoms with Crippen LogP contribution in [0.15, 0.2) is 65.7 Å². The Balaban J connectivity index is 1.86. The third-order valence-corrected chi connectivity index (χ3v) is 4.45. The van der Waals surface area contributed by atoms with E-state index in [1.807, 2.05) is 30.3 Å². The van der Waals surface area contributed by atoms with Gasteiger partial charge in [-0.25, -0.2) is 4.98 Å². The molecule has 0 radical (unpaired) electrons. The Hall–Kier alpha value is -2.67. The number of halogens is 1. The first kappa shape index (κ1) is 17.2. The zero-order chi connectivity index (χ0) is 17.6. The van der Waals surface area contributed by atoms with E-state index in [9.17, 15) is 4.79 Å². The van der Waals surface area contributed by atoms with E-state index in [0.29, 0.717) is 22.3 Å². The predicted molar refractivity (Wildman–Crippen MR) is 97.4 cm³/mol. The van der Waals surface area contributed by atoms with Crippen molar-refractivity contribution in [3.63, 3.8) is 0 Å². The maximum absolute atomic E-state index is 12.8. The third-order valence-electron chi connectivity index (χ3n) is 3.76. The summed E-state index contributed by atoms with van der Waals surface area (Å²) in [5.74, 6) is 0.431. The van der Waals surface area contributed by atoms with Crippen molar-refractivity contribution in [2.75, 3.05) is 7.11 Å². The van der Waals surface area contributed by atoms with Crippen molar-refractivity contribution in [1.82, 2.24) is 20.1 Å². The molecule has 0 saturated carbocycles. The lowest BCUT2D eigenvalue weighted by molar-refractivity contribution is 0.0930. The van der Waals surface area contributed by atoms with E-state index in [0.717, 1.165) is 5.56 Å². The first-order chi connectivity index (χ1) is 12.2. The third kappa shape index (κ3) is 4.24. The van der Waals surface area contributed by atoms with Crippen LogP contribution in [0, 0.1) is 0 Å². The average molecular weight is 401 g/mol. The molecule has 6 nitrogen and oxygen atoms in total. The SMILES string of the molecule is COc1ccc(Br)c(C(=O)NC(Cn2cncn2)c2ccccc2)c1. The molecule has 7 heteroatoms. The number of rotatable bonds is 6. The number of amides is 1. The van der Waals surface area contributed by atoms with Crippen LogP contribution in [-0.2, 0) is 6.54 Å². The maximum Gasteiger partial charge on any atom is 0.253 e. The summed E-state index contributed by atoms with van der Waals surface area (Å²) in [6.07, 6.45) is 3.10. The maximum atomic E-state index is 12.8. The van der Waals surface area contributed by atoms with Crippen LogP contribution in [0.1, 0.15) is 22.0 Å². The summed E-state index contributed by atoms with van der Waals surface area (Å²) < 4.78 is 7.61.